The van der Waals surface area contributed by atoms with E-state index in [1.807, 2.05) is 0 Å². The molecule has 0 amide bonds. The Morgan fingerprint density at radius 2 is 1.31 bits per heavy atom. The lowest BCUT2D eigenvalue weighted by molar-refractivity contribution is -0.0256. The maximum absolute atomic E-state index is 10.2. The summed E-state index contributed by atoms with van der Waals surface area (Å²) >= 11 is 0. The minimum absolute atomic E-state index is 0.331. The van der Waals surface area contributed by atoms with E-state index in [2.05, 4.69) is 27.7 Å². The van der Waals surface area contributed by atoms with Crippen molar-refractivity contribution in [3.8, 4) is 0 Å². The number of unbranched alkanes of at least 4 members (excludes halogenated alkanes) is 4. The maximum atomic E-state index is 10.2. The second kappa shape index (κ2) is 17.1. The van der Waals surface area contributed by atoms with Crippen LogP contribution in [0.2, 0.25) is 0 Å². The van der Waals surface area contributed by atoms with Gasteiger partial charge in [-0.2, -0.15) is 0 Å². The smallest absolute Gasteiger partial charge is 0.335 e. The van der Waals surface area contributed by atoms with E-state index in [-0.39, 0.29) is 0 Å². The molecule has 2 unspecified atom stereocenters. The van der Waals surface area contributed by atoms with Gasteiger partial charge in [0.2, 0.25) is 0 Å². The average molecular weight is 365 g/mol. The van der Waals surface area contributed by atoms with Crippen LogP contribution in [0.1, 0.15) is 102 Å². The maximum Gasteiger partial charge on any atom is 0.335 e. The number of benzene rings is 1. The predicted molar refractivity (Wildman–Crippen MR) is 111 cm³/mol. The van der Waals surface area contributed by atoms with Crippen LogP contribution in [-0.4, -0.2) is 23.3 Å². The first kappa shape index (κ1) is 24.7. The Labute approximate surface area is 161 Å². The van der Waals surface area contributed by atoms with E-state index in [0.717, 1.165) is 0 Å². The number of carbonyl (C=O) groups is 1. The van der Waals surface area contributed by atoms with Crippen molar-refractivity contribution in [1.29, 1.82) is 0 Å². The zero-order valence-corrected chi connectivity index (χ0v) is 17.4. The van der Waals surface area contributed by atoms with Crippen LogP contribution in [0.3, 0.4) is 0 Å². The molecule has 0 aliphatic carbocycles. The highest BCUT2D eigenvalue weighted by Crippen LogP contribution is 2.17. The third-order valence-electron chi connectivity index (χ3n) is 4.58. The Kier molecular flexibility index (Phi) is 16.2. The summed E-state index contributed by atoms with van der Waals surface area (Å²) in [4.78, 5) is 10.2. The molecule has 26 heavy (non-hydrogen) atoms. The first-order valence-corrected chi connectivity index (χ1v) is 10.5. The Bertz CT molecular complexity index is 414. The van der Waals surface area contributed by atoms with Gasteiger partial charge in [-0.1, -0.05) is 84.4 Å². The molecule has 0 heterocycles. The van der Waals surface area contributed by atoms with E-state index in [9.17, 15) is 4.79 Å². The fourth-order valence-electron chi connectivity index (χ4n) is 2.83. The zero-order chi connectivity index (χ0) is 19.6. The van der Waals surface area contributed by atoms with Crippen molar-refractivity contribution in [1.82, 2.24) is 0 Å². The molecule has 150 valence electrons. The van der Waals surface area contributed by atoms with E-state index in [4.69, 9.17) is 9.84 Å². The topological polar surface area (TPSA) is 46.5 Å². The molecule has 0 radical (unpaired) electrons. The van der Waals surface area contributed by atoms with Gasteiger partial charge >= 0.3 is 5.97 Å². The lowest BCUT2D eigenvalue weighted by atomic mass is 10.1. The summed E-state index contributed by atoms with van der Waals surface area (Å²) in [5.74, 6) is -0.879. The van der Waals surface area contributed by atoms with Crippen LogP contribution in [0.25, 0.3) is 0 Å². The Morgan fingerprint density at radius 3 is 1.62 bits per heavy atom. The standard InChI is InChI=1S/C16H34O.C7H6O2/c1-5-9-11-13-15(7-3)17-16(8-4)14-12-10-6-2;8-7(9)6-4-2-1-3-5-6/h15-16H,5-14H2,1-4H3;1-5H,(H,8,9). The van der Waals surface area contributed by atoms with Gasteiger partial charge in [-0.15, -0.1) is 0 Å². The SMILES string of the molecule is CCCCCC(CC)OC(CC)CCCCC.O=C(O)c1ccccc1. The van der Waals surface area contributed by atoms with Crippen molar-refractivity contribution in [2.75, 3.05) is 0 Å². The monoisotopic (exact) mass is 364 g/mol. The number of carboxylic acid groups (broad SMARTS) is 1. The van der Waals surface area contributed by atoms with E-state index in [1.54, 1.807) is 30.3 Å². The molecular weight excluding hydrogens is 324 g/mol. The van der Waals surface area contributed by atoms with Gasteiger partial charge in [-0.3, -0.25) is 0 Å². The molecule has 1 aromatic carbocycles. The molecule has 1 aromatic rings. The van der Waals surface area contributed by atoms with Crippen molar-refractivity contribution in [2.45, 2.75) is 104 Å². The van der Waals surface area contributed by atoms with Crippen molar-refractivity contribution < 1.29 is 14.6 Å². The molecule has 0 bridgehead atoms. The van der Waals surface area contributed by atoms with Gasteiger partial charge in [0.25, 0.3) is 0 Å². The molecule has 0 aromatic heterocycles. The van der Waals surface area contributed by atoms with Crippen LogP contribution >= 0.6 is 0 Å². The fourth-order valence-corrected chi connectivity index (χ4v) is 2.83. The number of carboxylic acids is 1. The van der Waals surface area contributed by atoms with Crippen molar-refractivity contribution >= 4 is 5.97 Å². The minimum Gasteiger partial charge on any atom is -0.478 e. The van der Waals surface area contributed by atoms with Crippen LogP contribution in [0.5, 0.6) is 0 Å². The van der Waals surface area contributed by atoms with E-state index in [0.29, 0.717) is 17.8 Å². The molecule has 1 rings (SSSR count). The molecular formula is C23H40O3. The highest BCUT2D eigenvalue weighted by atomic mass is 16.5. The van der Waals surface area contributed by atoms with Gasteiger partial charge in [0.15, 0.2) is 0 Å². The molecule has 2 atom stereocenters. The summed E-state index contributed by atoms with van der Waals surface area (Å²) in [5, 5.41) is 8.38. The number of hydrogen-bond acceptors (Lipinski definition) is 2. The largest absolute Gasteiger partial charge is 0.478 e. The number of rotatable bonds is 13. The van der Waals surface area contributed by atoms with E-state index >= 15 is 0 Å². The summed E-state index contributed by atoms with van der Waals surface area (Å²) in [5.41, 5.74) is 0.331. The number of aromatic carboxylic acids is 1. The van der Waals surface area contributed by atoms with Crippen LogP contribution in [-0.2, 0) is 4.74 Å². The molecule has 0 saturated heterocycles. The second-order valence-corrected chi connectivity index (χ2v) is 6.86. The lowest BCUT2D eigenvalue weighted by Gasteiger charge is -2.23. The van der Waals surface area contributed by atoms with Gasteiger partial charge in [-0.05, 0) is 37.8 Å². The minimum atomic E-state index is -0.879. The third-order valence-corrected chi connectivity index (χ3v) is 4.58. The molecule has 0 saturated carbocycles. The summed E-state index contributed by atoms with van der Waals surface area (Å²) in [6.45, 7) is 9.05. The Balaban J connectivity index is 0.000000577. The highest BCUT2D eigenvalue weighted by Gasteiger charge is 2.13. The van der Waals surface area contributed by atoms with E-state index in [1.165, 1.54) is 64.2 Å². The molecule has 0 aliphatic rings. The predicted octanol–water partition coefficient (Wildman–Crippen LogP) is 7.11. The first-order valence-electron chi connectivity index (χ1n) is 10.5. The number of hydrogen-bond donors (Lipinski definition) is 1. The Hall–Kier alpha value is -1.35. The van der Waals surface area contributed by atoms with Gasteiger partial charge in [0, 0.05) is 0 Å². The van der Waals surface area contributed by atoms with Gasteiger partial charge in [0.05, 0.1) is 17.8 Å². The van der Waals surface area contributed by atoms with Gasteiger partial charge in [-0.25, -0.2) is 4.79 Å². The van der Waals surface area contributed by atoms with Crippen molar-refractivity contribution in [3.05, 3.63) is 35.9 Å². The summed E-state index contributed by atoms with van der Waals surface area (Å²) in [7, 11) is 0. The molecule has 0 spiro atoms. The summed E-state index contributed by atoms with van der Waals surface area (Å²) in [6, 6.07) is 8.30. The quantitative estimate of drug-likeness (QED) is 0.379. The highest BCUT2D eigenvalue weighted by molar-refractivity contribution is 5.87. The summed E-state index contributed by atoms with van der Waals surface area (Å²) in [6.07, 6.45) is 13.9. The van der Waals surface area contributed by atoms with Crippen molar-refractivity contribution in [2.24, 2.45) is 0 Å². The molecule has 0 fully saturated rings. The van der Waals surface area contributed by atoms with Crippen LogP contribution in [0.4, 0.5) is 0 Å². The number of ether oxygens (including phenoxy) is 1. The molecule has 0 aliphatic heterocycles. The normalized spacial score (nSPS) is 12.8. The molecule has 3 nitrogen and oxygen atoms in total. The third kappa shape index (κ3) is 12.9. The summed E-state index contributed by atoms with van der Waals surface area (Å²) < 4.78 is 6.24. The molecule has 1 N–H and O–H groups in total. The zero-order valence-electron chi connectivity index (χ0n) is 17.4. The lowest BCUT2D eigenvalue weighted by Crippen LogP contribution is -2.21. The van der Waals surface area contributed by atoms with E-state index < -0.39 is 5.97 Å². The van der Waals surface area contributed by atoms with Crippen LogP contribution < -0.4 is 0 Å². The first-order chi connectivity index (χ1) is 12.6. The Morgan fingerprint density at radius 1 is 0.846 bits per heavy atom. The van der Waals surface area contributed by atoms with Gasteiger partial charge < -0.3 is 9.84 Å². The van der Waals surface area contributed by atoms with Crippen LogP contribution in [0, 0.1) is 0 Å². The second-order valence-electron chi connectivity index (χ2n) is 6.86. The average Bonchev–Trinajstić information content (AvgIpc) is 2.67. The molecule has 3 heteroatoms. The fraction of sp³-hybridized carbons (Fsp3) is 0.696. The van der Waals surface area contributed by atoms with Crippen molar-refractivity contribution in [3.63, 3.8) is 0 Å². The van der Waals surface area contributed by atoms with Crippen LogP contribution in [0.15, 0.2) is 30.3 Å². The van der Waals surface area contributed by atoms with Gasteiger partial charge in [0.1, 0.15) is 0 Å².